The molecule has 1 saturated heterocycles. The number of aliphatic hydroxyl groups is 1. The van der Waals surface area contributed by atoms with Crippen LogP contribution < -0.4 is 11.2 Å². The SMILES string of the molecule is COCCO[C@@H]1[C@H](C)[C@@H](CO)O[C@H]1n1cc(C)c(=O)n(COCc2ccccc2)c1=O. The van der Waals surface area contributed by atoms with Crippen molar-refractivity contribution in [2.24, 2.45) is 5.92 Å². The Hall–Kier alpha value is -2.30. The average Bonchev–Trinajstić information content (AvgIpc) is 3.09. The predicted molar refractivity (Wildman–Crippen MR) is 113 cm³/mol. The minimum absolute atomic E-state index is 0.159. The molecule has 1 aliphatic heterocycles. The molecule has 9 nitrogen and oxygen atoms in total. The zero-order chi connectivity index (χ0) is 22.4. The van der Waals surface area contributed by atoms with Crippen LogP contribution in [0.4, 0.5) is 0 Å². The van der Waals surface area contributed by atoms with E-state index in [9.17, 15) is 14.7 Å². The Morgan fingerprint density at radius 3 is 2.58 bits per heavy atom. The lowest BCUT2D eigenvalue weighted by Crippen LogP contribution is -2.44. The number of nitrogens with zero attached hydrogens (tertiary/aromatic N) is 2. The molecule has 0 unspecified atom stereocenters. The molecule has 170 valence electrons. The first-order valence-corrected chi connectivity index (χ1v) is 10.3. The summed E-state index contributed by atoms with van der Waals surface area (Å²) in [5.74, 6) is -0.159. The van der Waals surface area contributed by atoms with Crippen LogP contribution in [0.5, 0.6) is 0 Å². The molecule has 0 amide bonds. The van der Waals surface area contributed by atoms with E-state index in [2.05, 4.69) is 0 Å². The maximum atomic E-state index is 13.2. The molecule has 0 aliphatic carbocycles. The first kappa shape index (κ1) is 23.4. The zero-order valence-electron chi connectivity index (χ0n) is 18.1. The number of hydrogen-bond donors (Lipinski definition) is 1. The van der Waals surface area contributed by atoms with Gasteiger partial charge in [0.05, 0.1) is 32.5 Å². The van der Waals surface area contributed by atoms with E-state index < -0.39 is 29.7 Å². The van der Waals surface area contributed by atoms with Gasteiger partial charge in [-0.1, -0.05) is 37.3 Å². The fourth-order valence-electron chi connectivity index (χ4n) is 3.67. The third-order valence-corrected chi connectivity index (χ3v) is 5.45. The van der Waals surface area contributed by atoms with Gasteiger partial charge < -0.3 is 24.1 Å². The highest BCUT2D eigenvalue weighted by molar-refractivity contribution is 5.13. The number of hydrogen-bond acceptors (Lipinski definition) is 7. The van der Waals surface area contributed by atoms with Gasteiger partial charge in [-0.15, -0.1) is 0 Å². The van der Waals surface area contributed by atoms with Gasteiger partial charge in [-0.3, -0.25) is 9.36 Å². The Balaban J connectivity index is 1.86. The lowest BCUT2D eigenvalue weighted by atomic mass is 10.0. The van der Waals surface area contributed by atoms with Gasteiger partial charge in [0.15, 0.2) is 6.23 Å². The van der Waals surface area contributed by atoms with Gasteiger partial charge in [0.1, 0.15) is 12.8 Å². The Kier molecular flexibility index (Phi) is 8.16. The van der Waals surface area contributed by atoms with Crippen molar-refractivity contribution in [3.63, 3.8) is 0 Å². The third-order valence-electron chi connectivity index (χ3n) is 5.45. The molecule has 9 heteroatoms. The van der Waals surface area contributed by atoms with Crippen molar-refractivity contribution in [1.82, 2.24) is 9.13 Å². The Labute approximate surface area is 180 Å². The predicted octanol–water partition coefficient (Wildman–Crippen LogP) is 1.05. The molecule has 2 heterocycles. The van der Waals surface area contributed by atoms with Crippen molar-refractivity contribution < 1.29 is 24.1 Å². The summed E-state index contributed by atoms with van der Waals surface area (Å²) < 4.78 is 24.9. The summed E-state index contributed by atoms with van der Waals surface area (Å²) in [6.45, 7) is 4.12. The molecule has 1 aromatic carbocycles. The number of methoxy groups -OCH3 is 1. The summed E-state index contributed by atoms with van der Waals surface area (Å²) in [6, 6.07) is 9.50. The van der Waals surface area contributed by atoms with E-state index in [0.29, 0.717) is 18.8 Å². The Bertz CT molecular complexity index is 957. The van der Waals surface area contributed by atoms with Crippen LogP contribution in [-0.2, 0) is 32.3 Å². The second-order valence-corrected chi connectivity index (χ2v) is 7.63. The highest BCUT2D eigenvalue weighted by atomic mass is 16.6. The van der Waals surface area contributed by atoms with Gasteiger partial charge in [0, 0.05) is 24.8 Å². The Morgan fingerprint density at radius 2 is 1.90 bits per heavy atom. The topological polar surface area (TPSA) is 101 Å². The van der Waals surface area contributed by atoms with Gasteiger partial charge in [-0.25, -0.2) is 9.36 Å². The van der Waals surface area contributed by atoms with Gasteiger partial charge in [0.25, 0.3) is 5.56 Å². The Morgan fingerprint density at radius 1 is 1.16 bits per heavy atom. The highest BCUT2D eigenvalue weighted by Crippen LogP contribution is 2.35. The number of aromatic nitrogens is 2. The third kappa shape index (κ3) is 5.31. The molecular formula is C22H30N2O7. The minimum Gasteiger partial charge on any atom is -0.394 e. The maximum Gasteiger partial charge on any atom is 0.335 e. The molecular weight excluding hydrogens is 404 g/mol. The lowest BCUT2D eigenvalue weighted by molar-refractivity contribution is -0.0807. The van der Waals surface area contributed by atoms with Crippen molar-refractivity contribution in [1.29, 1.82) is 0 Å². The van der Waals surface area contributed by atoms with Crippen LogP contribution >= 0.6 is 0 Å². The summed E-state index contributed by atoms with van der Waals surface area (Å²) in [6.07, 6.45) is -0.279. The molecule has 3 rings (SSSR count). The molecule has 1 fully saturated rings. The van der Waals surface area contributed by atoms with Crippen LogP contribution in [0.25, 0.3) is 0 Å². The van der Waals surface area contributed by atoms with Crippen LogP contribution in [0, 0.1) is 12.8 Å². The largest absolute Gasteiger partial charge is 0.394 e. The van der Waals surface area contributed by atoms with Crippen molar-refractivity contribution >= 4 is 0 Å². The molecule has 31 heavy (non-hydrogen) atoms. The zero-order valence-corrected chi connectivity index (χ0v) is 18.1. The van der Waals surface area contributed by atoms with E-state index in [0.717, 1.165) is 10.1 Å². The normalized spacial score (nSPS) is 23.4. The smallest absolute Gasteiger partial charge is 0.335 e. The standard InChI is InChI=1S/C22H30N2O7/c1-15-11-23(21-19(30-10-9-28-3)16(2)18(12-25)31-21)22(27)24(20(15)26)14-29-13-17-7-5-4-6-8-17/h4-8,11,16,18-19,21,25H,9-10,12-14H2,1-3H3/t16-,18-,19-,21-/m1/s1. The molecule has 0 radical (unpaired) electrons. The first-order chi connectivity index (χ1) is 15.0. The number of benzene rings is 1. The molecule has 1 N–H and O–H groups in total. The molecule has 0 saturated carbocycles. The molecule has 1 aromatic heterocycles. The van der Waals surface area contributed by atoms with Gasteiger partial charge in [-0.2, -0.15) is 0 Å². The molecule has 0 spiro atoms. The van der Waals surface area contributed by atoms with Crippen molar-refractivity contribution in [2.75, 3.05) is 26.9 Å². The summed E-state index contributed by atoms with van der Waals surface area (Å²) in [4.78, 5) is 25.8. The number of aryl methyl sites for hydroxylation is 1. The van der Waals surface area contributed by atoms with E-state index in [4.69, 9.17) is 18.9 Å². The first-order valence-electron chi connectivity index (χ1n) is 10.3. The summed E-state index contributed by atoms with van der Waals surface area (Å²) in [5.41, 5.74) is 0.340. The number of rotatable bonds is 10. The van der Waals surface area contributed by atoms with Crippen molar-refractivity contribution in [3.8, 4) is 0 Å². The van der Waals surface area contributed by atoms with Crippen LogP contribution in [-0.4, -0.2) is 53.4 Å². The van der Waals surface area contributed by atoms with Crippen LogP contribution in [0.15, 0.2) is 46.1 Å². The lowest BCUT2D eigenvalue weighted by Gasteiger charge is -2.24. The fraction of sp³-hybridized carbons (Fsp3) is 0.545. The second-order valence-electron chi connectivity index (χ2n) is 7.63. The number of aliphatic hydroxyl groups excluding tert-OH is 1. The van der Waals surface area contributed by atoms with Gasteiger partial charge in [0.2, 0.25) is 0 Å². The average molecular weight is 434 g/mol. The number of ether oxygens (including phenoxy) is 4. The molecule has 0 bridgehead atoms. The minimum atomic E-state index is -0.781. The van der Waals surface area contributed by atoms with Gasteiger partial charge in [-0.05, 0) is 12.5 Å². The summed E-state index contributed by atoms with van der Waals surface area (Å²) in [7, 11) is 1.57. The van der Waals surface area contributed by atoms with E-state index in [1.54, 1.807) is 14.0 Å². The molecule has 1 aliphatic rings. The van der Waals surface area contributed by atoms with E-state index in [-0.39, 0.29) is 25.9 Å². The molecule has 4 atom stereocenters. The second kappa shape index (κ2) is 10.8. The van der Waals surface area contributed by atoms with E-state index in [1.807, 2.05) is 37.3 Å². The quantitative estimate of drug-likeness (QED) is 0.558. The van der Waals surface area contributed by atoms with Crippen molar-refractivity contribution in [2.45, 2.75) is 45.6 Å². The van der Waals surface area contributed by atoms with Gasteiger partial charge >= 0.3 is 5.69 Å². The summed E-state index contributed by atoms with van der Waals surface area (Å²) in [5, 5.41) is 9.67. The maximum absolute atomic E-state index is 13.2. The molecule has 2 aromatic rings. The highest BCUT2D eigenvalue weighted by Gasteiger charge is 2.44. The van der Waals surface area contributed by atoms with Crippen molar-refractivity contribution in [3.05, 3.63) is 68.5 Å². The van der Waals surface area contributed by atoms with Crippen LogP contribution in [0.3, 0.4) is 0 Å². The van der Waals surface area contributed by atoms with Crippen LogP contribution in [0.2, 0.25) is 0 Å². The van der Waals surface area contributed by atoms with Crippen LogP contribution in [0.1, 0.15) is 24.3 Å². The monoisotopic (exact) mass is 434 g/mol. The van der Waals surface area contributed by atoms with E-state index in [1.165, 1.54) is 10.8 Å². The fourth-order valence-corrected chi connectivity index (χ4v) is 3.67. The van der Waals surface area contributed by atoms with E-state index >= 15 is 0 Å². The summed E-state index contributed by atoms with van der Waals surface area (Å²) >= 11 is 0.